The number of nitrogens with zero attached hydrogens (tertiary/aromatic N) is 2. The summed E-state index contributed by atoms with van der Waals surface area (Å²) in [4.78, 5) is 28.9. The molecule has 0 aromatic heterocycles. The molecule has 136 valence electrons. The van der Waals surface area contributed by atoms with Crippen LogP contribution in [0.25, 0.3) is 0 Å². The van der Waals surface area contributed by atoms with Crippen LogP contribution in [0.4, 0.5) is 5.69 Å². The molecule has 3 rings (SSSR count). The van der Waals surface area contributed by atoms with E-state index in [0.29, 0.717) is 28.7 Å². The van der Waals surface area contributed by atoms with Crippen molar-refractivity contribution in [1.82, 2.24) is 4.90 Å². The van der Waals surface area contributed by atoms with Crippen LogP contribution in [0.3, 0.4) is 0 Å². The molecule has 0 aliphatic carbocycles. The van der Waals surface area contributed by atoms with Crippen molar-refractivity contribution in [3.63, 3.8) is 0 Å². The van der Waals surface area contributed by atoms with Gasteiger partial charge in [-0.2, -0.15) is 0 Å². The average molecular weight is 412 g/mol. The summed E-state index contributed by atoms with van der Waals surface area (Å²) in [5.74, 6) is -0.441. The molecule has 2 aromatic rings. The number of anilines is 1. The van der Waals surface area contributed by atoms with Crippen LogP contribution >= 0.6 is 34.8 Å². The first-order valence-electron chi connectivity index (χ1n) is 8.13. The van der Waals surface area contributed by atoms with Gasteiger partial charge >= 0.3 is 0 Å². The minimum Gasteiger partial charge on any atom is -0.325 e. The number of benzene rings is 2. The number of carbonyl (C=O) groups excluding carboxylic acids is 2. The van der Waals surface area contributed by atoms with Crippen LogP contribution in [0, 0.1) is 6.92 Å². The van der Waals surface area contributed by atoms with E-state index >= 15 is 0 Å². The maximum atomic E-state index is 12.8. The molecule has 0 spiro atoms. The zero-order valence-electron chi connectivity index (χ0n) is 14.3. The van der Waals surface area contributed by atoms with E-state index < -0.39 is 6.04 Å². The molecule has 0 bridgehead atoms. The molecule has 2 aromatic carbocycles. The Bertz CT molecular complexity index is 885. The summed E-state index contributed by atoms with van der Waals surface area (Å²) >= 11 is 18.2. The Morgan fingerprint density at radius 3 is 2.42 bits per heavy atom. The topological polar surface area (TPSA) is 40.6 Å². The second-order valence-corrected chi connectivity index (χ2v) is 7.47. The van der Waals surface area contributed by atoms with Crippen LogP contribution in [0.5, 0.6) is 0 Å². The zero-order valence-corrected chi connectivity index (χ0v) is 16.6. The summed E-state index contributed by atoms with van der Waals surface area (Å²) in [7, 11) is 0. The maximum absolute atomic E-state index is 12.8. The Kier molecular flexibility index (Phi) is 5.47. The highest BCUT2D eigenvalue weighted by Crippen LogP contribution is 2.28. The van der Waals surface area contributed by atoms with Gasteiger partial charge in [-0.1, -0.05) is 40.9 Å². The van der Waals surface area contributed by atoms with Gasteiger partial charge in [-0.15, -0.1) is 0 Å². The second kappa shape index (κ2) is 7.47. The molecule has 1 heterocycles. The van der Waals surface area contributed by atoms with Crippen molar-refractivity contribution >= 4 is 52.3 Å². The van der Waals surface area contributed by atoms with Gasteiger partial charge in [0.2, 0.25) is 5.91 Å². The maximum Gasteiger partial charge on any atom is 0.256 e. The van der Waals surface area contributed by atoms with Crippen molar-refractivity contribution in [3.05, 3.63) is 62.6 Å². The third-order valence-corrected chi connectivity index (χ3v) is 5.50. The number of aryl methyl sites for hydroxylation is 1. The van der Waals surface area contributed by atoms with Crippen LogP contribution in [0.15, 0.2) is 36.4 Å². The van der Waals surface area contributed by atoms with Gasteiger partial charge in [0.05, 0.1) is 10.6 Å². The lowest BCUT2D eigenvalue weighted by molar-refractivity contribution is -0.124. The van der Waals surface area contributed by atoms with E-state index in [2.05, 4.69) is 0 Å². The van der Waals surface area contributed by atoms with Crippen molar-refractivity contribution in [2.75, 3.05) is 18.0 Å². The van der Waals surface area contributed by atoms with Crippen molar-refractivity contribution in [2.45, 2.75) is 19.9 Å². The third-order valence-electron chi connectivity index (χ3n) is 4.54. The second-order valence-electron chi connectivity index (χ2n) is 6.22. The van der Waals surface area contributed by atoms with Gasteiger partial charge in [-0.05, 0) is 49.7 Å². The Hall–Kier alpha value is -1.75. The highest BCUT2D eigenvalue weighted by Gasteiger charge is 2.36. The summed E-state index contributed by atoms with van der Waals surface area (Å²) in [5, 5.41) is 1.33. The molecule has 7 heteroatoms. The Morgan fingerprint density at radius 1 is 1.04 bits per heavy atom. The van der Waals surface area contributed by atoms with E-state index in [0.717, 1.165) is 11.3 Å². The Labute approximate surface area is 167 Å². The number of carbonyl (C=O) groups is 2. The minimum atomic E-state index is -0.608. The number of piperazine rings is 1. The molecule has 0 unspecified atom stereocenters. The van der Waals surface area contributed by atoms with Gasteiger partial charge < -0.3 is 9.80 Å². The smallest absolute Gasteiger partial charge is 0.256 e. The normalized spacial score (nSPS) is 17.6. The lowest BCUT2D eigenvalue weighted by Gasteiger charge is -2.39. The number of amides is 2. The molecule has 0 N–H and O–H groups in total. The molecule has 0 radical (unpaired) electrons. The largest absolute Gasteiger partial charge is 0.325 e. The highest BCUT2D eigenvalue weighted by molar-refractivity contribution is 6.36. The summed E-state index contributed by atoms with van der Waals surface area (Å²) in [6.07, 6.45) is 0. The standard InChI is InChI=1S/C19H17Cl3N2O2/c1-11-3-5-14(10-16(11)21)24-8-7-23(12(2)18(24)25)19(26)15-6-4-13(20)9-17(15)22/h3-6,9-10,12H,7-8H2,1-2H3/t12-/m1/s1. The quantitative estimate of drug-likeness (QED) is 0.710. The molecular formula is C19H17Cl3N2O2. The van der Waals surface area contributed by atoms with E-state index in [1.807, 2.05) is 19.1 Å². The minimum absolute atomic E-state index is 0.158. The van der Waals surface area contributed by atoms with Crippen molar-refractivity contribution < 1.29 is 9.59 Å². The van der Waals surface area contributed by atoms with Gasteiger partial charge in [-0.25, -0.2) is 0 Å². The SMILES string of the molecule is Cc1ccc(N2CCN(C(=O)c3ccc(Cl)cc3Cl)[C@H](C)C2=O)cc1Cl. The predicted molar refractivity (Wildman–Crippen MR) is 106 cm³/mol. The number of hydrogen-bond acceptors (Lipinski definition) is 2. The van der Waals surface area contributed by atoms with Crippen LogP contribution < -0.4 is 4.90 Å². The molecule has 1 fully saturated rings. The molecular weight excluding hydrogens is 395 g/mol. The lowest BCUT2D eigenvalue weighted by atomic mass is 10.1. The molecule has 4 nitrogen and oxygen atoms in total. The molecule has 26 heavy (non-hydrogen) atoms. The number of rotatable bonds is 2. The third kappa shape index (κ3) is 3.54. The van der Waals surface area contributed by atoms with E-state index in [-0.39, 0.29) is 16.8 Å². The fourth-order valence-electron chi connectivity index (χ4n) is 2.97. The van der Waals surface area contributed by atoms with Gasteiger partial charge in [0, 0.05) is 28.8 Å². The predicted octanol–water partition coefficient (Wildman–Crippen LogP) is 4.83. The summed E-state index contributed by atoms with van der Waals surface area (Å²) < 4.78 is 0. The van der Waals surface area contributed by atoms with Crippen molar-refractivity contribution in [3.8, 4) is 0 Å². The molecule has 1 atom stereocenters. The molecule has 1 aliphatic heterocycles. The summed E-state index contributed by atoms with van der Waals surface area (Å²) in [5.41, 5.74) is 2.01. The van der Waals surface area contributed by atoms with Gasteiger partial charge in [-0.3, -0.25) is 9.59 Å². The van der Waals surface area contributed by atoms with Gasteiger partial charge in [0.15, 0.2) is 0 Å². The van der Waals surface area contributed by atoms with Crippen LogP contribution in [0.2, 0.25) is 15.1 Å². The van der Waals surface area contributed by atoms with E-state index in [4.69, 9.17) is 34.8 Å². The van der Waals surface area contributed by atoms with Gasteiger partial charge in [0.1, 0.15) is 6.04 Å². The first-order chi connectivity index (χ1) is 12.3. The highest BCUT2D eigenvalue weighted by atomic mass is 35.5. The number of halogens is 3. The molecule has 0 saturated carbocycles. The van der Waals surface area contributed by atoms with Crippen LogP contribution in [-0.2, 0) is 4.79 Å². The van der Waals surface area contributed by atoms with E-state index in [9.17, 15) is 9.59 Å². The fraction of sp³-hybridized carbons (Fsp3) is 0.263. The monoisotopic (exact) mass is 410 g/mol. The van der Waals surface area contributed by atoms with Gasteiger partial charge in [0.25, 0.3) is 5.91 Å². The van der Waals surface area contributed by atoms with E-state index in [1.54, 1.807) is 30.0 Å². The first kappa shape index (κ1) is 19.0. The fourth-order valence-corrected chi connectivity index (χ4v) is 3.64. The molecule has 2 amide bonds. The average Bonchev–Trinajstić information content (AvgIpc) is 2.59. The zero-order chi connectivity index (χ0) is 19.0. The first-order valence-corrected chi connectivity index (χ1v) is 9.26. The summed E-state index contributed by atoms with van der Waals surface area (Å²) in [6, 6.07) is 9.61. The Morgan fingerprint density at radius 2 is 1.77 bits per heavy atom. The van der Waals surface area contributed by atoms with Crippen LogP contribution in [-0.4, -0.2) is 35.8 Å². The Balaban J connectivity index is 1.83. The lowest BCUT2D eigenvalue weighted by Crippen LogP contribution is -2.57. The van der Waals surface area contributed by atoms with E-state index in [1.165, 1.54) is 11.0 Å². The van der Waals surface area contributed by atoms with Crippen molar-refractivity contribution in [2.24, 2.45) is 0 Å². The van der Waals surface area contributed by atoms with Crippen LogP contribution in [0.1, 0.15) is 22.8 Å². The number of hydrogen-bond donors (Lipinski definition) is 0. The molecule has 1 saturated heterocycles. The summed E-state index contributed by atoms with van der Waals surface area (Å²) in [6.45, 7) is 4.41. The molecule has 1 aliphatic rings. The van der Waals surface area contributed by atoms with Crippen molar-refractivity contribution in [1.29, 1.82) is 0 Å².